The van der Waals surface area contributed by atoms with Gasteiger partial charge in [-0.15, -0.1) is 11.3 Å². The molecule has 2 saturated heterocycles. The summed E-state index contributed by atoms with van der Waals surface area (Å²) in [5.74, 6) is -3.02. The lowest BCUT2D eigenvalue weighted by Crippen LogP contribution is -2.63. The maximum Gasteiger partial charge on any atom is 0.410 e. The Morgan fingerprint density at radius 2 is 1.84 bits per heavy atom. The molecule has 1 aromatic carbocycles. The third-order valence-electron chi connectivity index (χ3n) is 9.67. The lowest BCUT2D eigenvalue weighted by atomic mass is 9.77. The van der Waals surface area contributed by atoms with Crippen LogP contribution in [0.5, 0.6) is 0 Å². The summed E-state index contributed by atoms with van der Waals surface area (Å²) in [6.45, 7) is 5.88. The quantitative estimate of drug-likeness (QED) is 0.105. The summed E-state index contributed by atoms with van der Waals surface area (Å²) in [6.07, 6.45) is 4.98. The molecule has 0 saturated carbocycles. The number of carbonyl (C=O) groups is 4. The van der Waals surface area contributed by atoms with Crippen molar-refractivity contribution in [3.05, 3.63) is 98.3 Å². The Morgan fingerprint density at radius 1 is 1.12 bits per heavy atom. The smallest absolute Gasteiger partial charge is 0.410 e. The molecular weight excluding hydrogens is 682 g/mol. The van der Waals surface area contributed by atoms with Crippen molar-refractivity contribution in [1.82, 2.24) is 29.1 Å². The topological polar surface area (TPSA) is 201 Å². The number of rotatable bonds is 10. The van der Waals surface area contributed by atoms with Crippen LogP contribution in [-0.4, -0.2) is 106 Å². The molecule has 0 aliphatic carbocycles. The Balaban J connectivity index is 0.997. The average molecular weight is 716 g/mol. The van der Waals surface area contributed by atoms with E-state index >= 15 is 0 Å². The zero-order valence-electron chi connectivity index (χ0n) is 27.5. The van der Waals surface area contributed by atoms with E-state index < -0.39 is 41.0 Å². The van der Waals surface area contributed by atoms with Crippen molar-refractivity contribution in [3.8, 4) is 0 Å². The third kappa shape index (κ3) is 6.12. The van der Waals surface area contributed by atoms with Gasteiger partial charge in [0.05, 0.1) is 27.9 Å². The molecule has 3 aliphatic heterocycles. The minimum Gasteiger partial charge on any atom is -0.477 e. The Bertz CT molecular complexity index is 2100. The van der Waals surface area contributed by atoms with E-state index in [1.54, 1.807) is 39.9 Å². The molecule has 2 fully saturated rings. The van der Waals surface area contributed by atoms with Gasteiger partial charge in [-0.05, 0) is 36.2 Å². The first kappa shape index (κ1) is 34.0. The first-order valence-electron chi connectivity index (χ1n) is 16.2. The number of non-ortho nitro benzene ring substituents is 1. The second-order valence-corrected chi connectivity index (χ2v) is 13.9. The number of nitro benzene ring substituents is 1. The number of hydrogen-bond acceptors (Lipinski definition) is 12. The number of amides is 2. The number of pyridine rings is 1. The van der Waals surface area contributed by atoms with Gasteiger partial charge in [-0.25, -0.2) is 14.6 Å². The van der Waals surface area contributed by atoms with Crippen molar-refractivity contribution in [2.45, 2.75) is 39.1 Å². The third-order valence-corrected chi connectivity index (χ3v) is 10.8. The minimum atomic E-state index is -1.23. The average Bonchev–Trinajstić information content (AvgIpc) is 3.77. The van der Waals surface area contributed by atoms with Crippen LogP contribution in [0.3, 0.4) is 0 Å². The molecule has 4 aromatic rings. The number of thiazole rings is 1. The van der Waals surface area contributed by atoms with Crippen LogP contribution >= 0.6 is 11.3 Å². The molecule has 51 heavy (non-hydrogen) atoms. The molecular formula is C34H33N7O9S. The molecule has 2 N–H and O–H groups in total. The summed E-state index contributed by atoms with van der Waals surface area (Å²) in [5, 5.41) is 31.1. The molecule has 0 radical (unpaired) electrons. The zero-order chi connectivity index (χ0) is 36.1. The van der Waals surface area contributed by atoms with E-state index in [1.807, 2.05) is 6.92 Å². The molecule has 4 atom stereocenters. The number of piperazine rings is 1. The molecule has 3 aromatic heterocycles. The Labute approximate surface area is 294 Å². The number of nitrogens with zero attached hydrogens (tertiary/aromatic N) is 7. The van der Waals surface area contributed by atoms with Gasteiger partial charge in [0, 0.05) is 80.5 Å². The number of benzene rings is 1. The summed E-state index contributed by atoms with van der Waals surface area (Å²) in [4.78, 5) is 76.6. The Morgan fingerprint density at radius 3 is 2.51 bits per heavy atom. The summed E-state index contributed by atoms with van der Waals surface area (Å²) in [6, 6.07) is 7.13. The van der Waals surface area contributed by atoms with Crippen molar-refractivity contribution in [1.29, 1.82) is 0 Å². The molecule has 3 aliphatic rings. The van der Waals surface area contributed by atoms with Crippen molar-refractivity contribution in [3.63, 3.8) is 0 Å². The van der Waals surface area contributed by atoms with E-state index in [0.29, 0.717) is 59.1 Å². The largest absolute Gasteiger partial charge is 0.477 e. The van der Waals surface area contributed by atoms with Crippen LogP contribution in [0.2, 0.25) is 0 Å². The predicted molar refractivity (Wildman–Crippen MR) is 180 cm³/mol. The number of carboxylic acids is 1. The molecule has 0 spiro atoms. The van der Waals surface area contributed by atoms with Crippen molar-refractivity contribution in [2.75, 3.05) is 26.2 Å². The molecule has 0 unspecified atom stereocenters. The highest BCUT2D eigenvalue weighted by molar-refractivity contribution is 7.18. The number of aliphatic carboxylic acids is 1. The fourth-order valence-corrected chi connectivity index (χ4v) is 8.32. The fourth-order valence-electron chi connectivity index (χ4n) is 7.11. The number of hydrogen-bond donors (Lipinski definition) is 2. The van der Waals surface area contributed by atoms with Gasteiger partial charge in [-0.2, -0.15) is 0 Å². The summed E-state index contributed by atoms with van der Waals surface area (Å²) in [5.41, 5.74) is 2.32. The van der Waals surface area contributed by atoms with Gasteiger partial charge in [-0.1, -0.05) is 6.92 Å². The molecule has 16 nitrogen and oxygen atoms in total. The number of ether oxygens (including phenoxy) is 1. The van der Waals surface area contributed by atoms with Crippen LogP contribution in [0, 0.1) is 22.0 Å². The van der Waals surface area contributed by atoms with Gasteiger partial charge in [0.1, 0.15) is 29.2 Å². The van der Waals surface area contributed by atoms with Crippen LogP contribution in [0.4, 0.5) is 10.5 Å². The van der Waals surface area contributed by atoms with Crippen LogP contribution < -0.4 is 0 Å². The minimum absolute atomic E-state index is 0.00416. The van der Waals surface area contributed by atoms with Crippen LogP contribution in [-0.2, 0) is 27.5 Å². The van der Waals surface area contributed by atoms with Gasteiger partial charge >= 0.3 is 12.1 Å². The number of β-lactam (4-membered cyclic amide) rings is 1. The Hall–Kier alpha value is -5.52. The number of fused-ring (bicyclic) bond motifs is 2. The van der Waals surface area contributed by atoms with Crippen LogP contribution in [0.25, 0.3) is 10.4 Å². The number of aliphatic hydroxyl groups excluding tert-OH is 1. The highest BCUT2D eigenvalue weighted by Crippen LogP contribution is 2.51. The summed E-state index contributed by atoms with van der Waals surface area (Å²) in [7, 11) is 0. The van der Waals surface area contributed by atoms with Gasteiger partial charge < -0.3 is 24.7 Å². The standard InChI is InChI=1S/C34H33N7O9S/c1-18-25(29(33(45)46)40-28(18)26(19(2)42)31(40)44)24-15-39-17-36-27(32(39)51-24)30(43)22-11-21(12-35-13-22)14-37-7-9-38(10-8-37)34(47)50-16-20-3-5-23(6-4-20)41(48)49/h3-6,11-13,15,17-19,26,28,42H,7-10,14,16H2,1-2H3,(H,45,46)/t18-,19+,26+,28+/m0/s1. The maximum absolute atomic E-state index is 13.7. The molecule has 264 valence electrons. The SMILES string of the molecule is C[C@@H](O)[C@H]1C(=O)N2C(C(=O)O)=C(c3cn4cnc(C(=O)c5cncc(CN6CCN(C(=O)OCc7ccc([N+](=O)[O-])cc7)CC6)c5)c4s3)[C@H](C)[C@H]12. The van der Waals surface area contributed by atoms with Gasteiger partial charge in [0.15, 0.2) is 0 Å². The van der Waals surface area contributed by atoms with Gasteiger partial charge in [-0.3, -0.25) is 34.0 Å². The highest BCUT2D eigenvalue weighted by Gasteiger charge is 2.60. The van der Waals surface area contributed by atoms with Gasteiger partial charge in [0.2, 0.25) is 11.7 Å². The van der Waals surface area contributed by atoms with Crippen LogP contribution in [0.15, 0.2) is 60.9 Å². The normalized spacial score (nSPS) is 21.1. The number of ketones is 1. The number of carbonyl (C=O) groups excluding carboxylic acids is 3. The fraction of sp³-hybridized carbons (Fsp3) is 0.353. The number of aliphatic hydroxyl groups is 1. The summed E-state index contributed by atoms with van der Waals surface area (Å²) < 4.78 is 7.07. The summed E-state index contributed by atoms with van der Waals surface area (Å²) >= 11 is 1.22. The van der Waals surface area contributed by atoms with Crippen LogP contribution in [0.1, 0.15) is 45.9 Å². The first-order valence-corrected chi connectivity index (χ1v) is 17.1. The number of imidazole rings is 1. The highest BCUT2D eigenvalue weighted by atomic mass is 32.1. The van der Waals surface area contributed by atoms with Crippen molar-refractivity contribution < 1.29 is 39.1 Å². The van der Waals surface area contributed by atoms with E-state index in [-0.39, 0.29) is 35.4 Å². The predicted octanol–water partition coefficient (Wildman–Crippen LogP) is 3.04. The number of nitro groups is 1. The first-order chi connectivity index (χ1) is 24.4. The zero-order valence-corrected chi connectivity index (χ0v) is 28.4. The molecule has 7 rings (SSSR count). The van der Waals surface area contributed by atoms with Crippen molar-refractivity contribution >= 4 is 51.2 Å². The number of aromatic nitrogens is 3. The molecule has 2 amide bonds. The molecule has 6 heterocycles. The van der Waals surface area contributed by atoms with Crippen molar-refractivity contribution in [2.24, 2.45) is 11.8 Å². The Kier molecular flexibility index (Phi) is 8.86. The maximum atomic E-state index is 13.7. The lowest BCUT2D eigenvalue weighted by Gasteiger charge is -2.46. The molecule has 17 heteroatoms. The van der Waals surface area contributed by atoms with E-state index in [9.17, 15) is 39.5 Å². The lowest BCUT2D eigenvalue weighted by molar-refractivity contribution is -0.384. The van der Waals surface area contributed by atoms with E-state index in [2.05, 4.69) is 14.9 Å². The van der Waals surface area contributed by atoms with E-state index in [1.165, 1.54) is 47.8 Å². The molecule has 0 bridgehead atoms. The van der Waals surface area contributed by atoms with Gasteiger partial charge in [0.25, 0.3) is 5.69 Å². The van der Waals surface area contributed by atoms with E-state index in [4.69, 9.17) is 4.74 Å². The number of carboxylic acid groups (broad SMARTS) is 1. The second-order valence-electron chi connectivity index (χ2n) is 12.9. The monoisotopic (exact) mass is 715 g/mol. The second kappa shape index (κ2) is 13.3. The van der Waals surface area contributed by atoms with E-state index in [0.717, 1.165) is 5.56 Å².